The molecule has 1 aliphatic carbocycles. The highest BCUT2D eigenvalue weighted by Crippen LogP contribution is 2.47. The van der Waals surface area contributed by atoms with Crippen molar-refractivity contribution in [3.8, 4) is 0 Å². The second kappa shape index (κ2) is 7.03. The second-order valence-corrected chi connectivity index (χ2v) is 7.83. The van der Waals surface area contributed by atoms with E-state index in [1.807, 2.05) is 17.7 Å². The second-order valence-electron chi connectivity index (χ2n) is 7.83. The Balaban J connectivity index is 1.61. The van der Waals surface area contributed by atoms with E-state index < -0.39 is 0 Å². The quantitative estimate of drug-likeness (QED) is 0.838. The minimum atomic E-state index is 0.0949. The van der Waals surface area contributed by atoms with Gasteiger partial charge in [-0.15, -0.1) is 0 Å². The van der Waals surface area contributed by atoms with E-state index >= 15 is 0 Å². The molecule has 1 heterocycles. The Hall–Kier alpha value is -2.10. The number of hydrogen-bond acceptors (Lipinski definition) is 2. The van der Waals surface area contributed by atoms with Crippen LogP contribution in [0.5, 0.6) is 0 Å². The van der Waals surface area contributed by atoms with Gasteiger partial charge in [0.2, 0.25) is 5.91 Å². The lowest BCUT2D eigenvalue weighted by Crippen LogP contribution is -2.33. The molecule has 0 aliphatic heterocycles. The highest BCUT2D eigenvalue weighted by atomic mass is 16.1. The largest absolute Gasteiger partial charge is 0.355 e. The summed E-state index contributed by atoms with van der Waals surface area (Å²) in [5.74, 6) is 0.637. The molecule has 134 valence electrons. The number of benzene rings is 1. The Morgan fingerprint density at radius 3 is 2.52 bits per heavy atom. The monoisotopic (exact) mass is 339 g/mol. The van der Waals surface area contributed by atoms with E-state index in [1.165, 1.54) is 5.56 Å². The number of carbonyl (C=O) groups excluding carboxylic acids is 1. The van der Waals surface area contributed by atoms with Crippen LogP contribution in [0.3, 0.4) is 0 Å². The Bertz CT molecular complexity index is 742. The van der Waals surface area contributed by atoms with Crippen LogP contribution in [0.4, 0.5) is 0 Å². The number of carbonyl (C=O) groups is 1. The van der Waals surface area contributed by atoms with Gasteiger partial charge in [-0.1, -0.05) is 44.2 Å². The van der Waals surface area contributed by atoms with Gasteiger partial charge in [0.05, 0.1) is 12.1 Å². The van der Waals surface area contributed by atoms with Gasteiger partial charge in [0.1, 0.15) is 0 Å². The number of aryl methyl sites for hydroxylation is 1. The van der Waals surface area contributed by atoms with Crippen molar-refractivity contribution < 1.29 is 4.79 Å². The average Bonchev–Trinajstić information content (AvgIpc) is 3.33. The molecule has 1 aliphatic rings. The van der Waals surface area contributed by atoms with Crippen LogP contribution in [0.15, 0.2) is 30.3 Å². The van der Waals surface area contributed by atoms with Gasteiger partial charge < -0.3 is 5.32 Å². The normalized spacial score (nSPS) is 15.4. The number of rotatable bonds is 7. The lowest BCUT2D eigenvalue weighted by Gasteiger charge is -2.16. The minimum Gasteiger partial charge on any atom is -0.355 e. The molecule has 3 rings (SSSR count). The van der Waals surface area contributed by atoms with E-state index in [0.717, 1.165) is 42.9 Å². The first-order chi connectivity index (χ1) is 11.9. The van der Waals surface area contributed by atoms with Crippen LogP contribution in [-0.2, 0) is 23.2 Å². The summed E-state index contributed by atoms with van der Waals surface area (Å²) in [7, 11) is 0. The van der Waals surface area contributed by atoms with Gasteiger partial charge in [0.25, 0.3) is 0 Å². The molecule has 2 aromatic rings. The Kier molecular flexibility index (Phi) is 4.98. The molecule has 1 aromatic carbocycles. The molecule has 0 bridgehead atoms. The molecule has 1 fully saturated rings. The summed E-state index contributed by atoms with van der Waals surface area (Å²) in [4.78, 5) is 12.5. The van der Waals surface area contributed by atoms with Crippen molar-refractivity contribution in [1.29, 1.82) is 0 Å². The first-order valence-corrected chi connectivity index (χ1v) is 9.26. The molecule has 4 nitrogen and oxygen atoms in total. The van der Waals surface area contributed by atoms with E-state index in [-0.39, 0.29) is 11.3 Å². The van der Waals surface area contributed by atoms with Gasteiger partial charge in [-0.2, -0.15) is 5.10 Å². The summed E-state index contributed by atoms with van der Waals surface area (Å²) in [6, 6.07) is 10.5. The van der Waals surface area contributed by atoms with Crippen LogP contribution in [-0.4, -0.2) is 22.2 Å². The molecule has 0 spiro atoms. The molecule has 0 saturated heterocycles. The zero-order valence-electron chi connectivity index (χ0n) is 15.8. The third-order valence-electron chi connectivity index (χ3n) is 5.27. The highest BCUT2D eigenvalue weighted by molar-refractivity contribution is 5.79. The van der Waals surface area contributed by atoms with Crippen LogP contribution < -0.4 is 5.32 Å². The van der Waals surface area contributed by atoms with Crippen LogP contribution in [0.25, 0.3) is 0 Å². The summed E-state index contributed by atoms with van der Waals surface area (Å²) in [5, 5.41) is 7.77. The summed E-state index contributed by atoms with van der Waals surface area (Å²) < 4.78 is 2.04. The van der Waals surface area contributed by atoms with Crippen molar-refractivity contribution in [2.24, 2.45) is 5.92 Å². The molecule has 25 heavy (non-hydrogen) atoms. The van der Waals surface area contributed by atoms with Crippen molar-refractivity contribution in [2.45, 2.75) is 58.9 Å². The predicted molar refractivity (Wildman–Crippen MR) is 101 cm³/mol. The van der Waals surface area contributed by atoms with E-state index in [4.69, 9.17) is 0 Å². The van der Waals surface area contributed by atoms with E-state index in [2.05, 4.69) is 55.5 Å². The molecule has 0 radical (unpaired) electrons. The fourth-order valence-corrected chi connectivity index (χ4v) is 3.51. The van der Waals surface area contributed by atoms with Gasteiger partial charge in [-0.05, 0) is 38.2 Å². The molecule has 0 atom stereocenters. The van der Waals surface area contributed by atoms with Gasteiger partial charge in [-0.25, -0.2) is 0 Å². The third-order valence-corrected chi connectivity index (χ3v) is 5.27. The van der Waals surface area contributed by atoms with Crippen molar-refractivity contribution in [1.82, 2.24) is 15.1 Å². The number of hydrogen-bond donors (Lipinski definition) is 1. The number of nitrogens with zero attached hydrogens (tertiary/aromatic N) is 2. The molecule has 0 unspecified atom stereocenters. The minimum absolute atomic E-state index is 0.0949. The molecule has 1 amide bonds. The molecule has 1 saturated carbocycles. The SMILES string of the molecule is Cc1nn(CC(C)C)c(C)c1CC(=O)NCC1(c2ccccc2)CC1. The van der Waals surface area contributed by atoms with E-state index in [9.17, 15) is 4.79 Å². The maximum Gasteiger partial charge on any atom is 0.224 e. The summed E-state index contributed by atoms with van der Waals surface area (Å²) in [6.07, 6.45) is 2.73. The van der Waals surface area contributed by atoms with E-state index in [1.54, 1.807) is 0 Å². The van der Waals surface area contributed by atoms with Crippen LogP contribution >= 0.6 is 0 Å². The lowest BCUT2D eigenvalue weighted by atomic mass is 9.96. The summed E-state index contributed by atoms with van der Waals surface area (Å²) >= 11 is 0. The third kappa shape index (κ3) is 3.94. The summed E-state index contributed by atoms with van der Waals surface area (Å²) in [6.45, 7) is 10.1. The molecular formula is C21H29N3O. The highest BCUT2D eigenvalue weighted by Gasteiger charge is 2.44. The van der Waals surface area contributed by atoms with Crippen molar-refractivity contribution in [3.05, 3.63) is 52.8 Å². The topological polar surface area (TPSA) is 46.9 Å². The van der Waals surface area contributed by atoms with Gasteiger partial charge >= 0.3 is 0 Å². The number of amides is 1. The van der Waals surface area contributed by atoms with Crippen molar-refractivity contribution >= 4 is 5.91 Å². The maximum absolute atomic E-state index is 12.5. The standard InChI is InChI=1S/C21H29N3O/c1-15(2)13-24-17(4)19(16(3)23-24)12-20(25)22-14-21(10-11-21)18-8-6-5-7-9-18/h5-9,15H,10-14H2,1-4H3,(H,22,25). The van der Waals surface area contributed by atoms with Gasteiger partial charge in [0.15, 0.2) is 0 Å². The summed E-state index contributed by atoms with van der Waals surface area (Å²) in [5.41, 5.74) is 4.65. The average molecular weight is 339 g/mol. The Morgan fingerprint density at radius 1 is 1.24 bits per heavy atom. The zero-order chi connectivity index (χ0) is 18.0. The van der Waals surface area contributed by atoms with Gasteiger partial charge in [0, 0.05) is 29.8 Å². The van der Waals surface area contributed by atoms with Crippen molar-refractivity contribution in [3.63, 3.8) is 0 Å². The number of nitrogens with one attached hydrogen (secondary N) is 1. The Morgan fingerprint density at radius 2 is 1.92 bits per heavy atom. The maximum atomic E-state index is 12.5. The molecule has 4 heteroatoms. The molecular weight excluding hydrogens is 310 g/mol. The lowest BCUT2D eigenvalue weighted by molar-refractivity contribution is -0.120. The van der Waals surface area contributed by atoms with Crippen LogP contribution in [0.1, 0.15) is 49.2 Å². The van der Waals surface area contributed by atoms with Gasteiger partial charge in [-0.3, -0.25) is 9.48 Å². The first kappa shape index (κ1) is 17.7. The van der Waals surface area contributed by atoms with Crippen LogP contribution in [0.2, 0.25) is 0 Å². The Labute approximate surface area is 150 Å². The van der Waals surface area contributed by atoms with Crippen LogP contribution in [0, 0.1) is 19.8 Å². The zero-order valence-corrected chi connectivity index (χ0v) is 15.8. The molecule has 1 aromatic heterocycles. The first-order valence-electron chi connectivity index (χ1n) is 9.26. The smallest absolute Gasteiger partial charge is 0.224 e. The fourth-order valence-electron chi connectivity index (χ4n) is 3.51. The van der Waals surface area contributed by atoms with Crippen molar-refractivity contribution in [2.75, 3.05) is 6.54 Å². The molecule has 1 N–H and O–H groups in total. The number of aromatic nitrogens is 2. The van der Waals surface area contributed by atoms with E-state index in [0.29, 0.717) is 12.3 Å². The predicted octanol–water partition coefficient (Wildman–Crippen LogP) is 3.55. The fraction of sp³-hybridized carbons (Fsp3) is 0.524.